The molecule has 1 N–H and O–H groups in total. The van der Waals surface area contributed by atoms with Gasteiger partial charge in [0, 0.05) is 34.6 Å². The third-order valence-electron chi connectivity index (χ3n) is 2.25. The highest BCUT2D eigenvalue weighted by atomic mass is 32.1. The molecule has 2 rings (SSSR count). The number of aromatic nitrogens is 2. The van der Waals surface area contributed by atoms with Gasteiger partial charge in [-0.15, -0.1) is 11.3 Å². The van der Waals surface area contributed by atoms with E-state index in [1.807, 2.05) is 11.4 Å². The van der Waals surface area contributed by atoms with Crippen molar-refractivity contribution in [1.29, 1.82) is 0 Å². The van der Waals surface area contributed by atoms with Crippen molar-refractivity contribution in [3.05, 3.63) is 50.8 Å². The molecule has 4 nitrogen and oxygen atoms in total. The van der Waals surface area contributed by atoms with Crippen molar-refractivity contribution in [2.45, 2.75) is 13.0 Å². The van der Waals surface area contributed by atoms with E-state index in [1.165, 1.54) is 6.20 Å². The summed E-state index contributed by atoms with van der Waals surface area (Å²) in [4.78, 5) is 16.3. The molecule has 0 unspecified atom stereocenters. The van der Waals surface area contributed by atoms with Gasteiger partial charge in [0.25, 0.3) is 5.56 Å². The first-order valence-electron chi connectivity index (χ1n) is 5.47. The van der Waals surface area contributed by atoms with Crippen LogP contribution in [0.3, 0.4) is 0 Å². The summed E-state index contributed by atoms with van der Waals surface area (Å²) in [6.07, 6.45) is 5.04. The van der Waals surface area contributed by atoms with Gasteiger partial charge in [0.2, 0.25) is 0 Å². The van der Waals surface area contributed by atoms with Crippen LogP contribution >= 0.6 is 11.3 Å². The average Bonchev–Trinajstić information content (AvgIpc) is 2.80. The van der Waals surface area contributed by atoms with E-state index in [9.17, 15) is 4.79 Å². The summed E-state index contributed by atoms with van der Waals surface area (Å²) < 4.78 is 1.60. The van der Waals surface area contributed by atoms with Gasteiger partial charge in [-0.3, -0.25) is 9.78 Å². The Kier molecular flexibility index (Phi) is 4.29. The van der Waals surface area contributed by atoms with Gasteiger partial charge in [-0.05, 0) is 6.07 Å². The van der Waals surface area contributed by atoms with Crippen LogP contribution in [-0.2, 0) is 6.54 Å². The second kappa shape index (κ2) is 6.15. The largest absolute Gasteiger partial charge is 0.395 e. The molecular weight excluding hydrogens is 248 g/mol. The van der Waals surface area contributed by atoms with Crippen molar-refractivity contribution < 1.29 is 5.11 Å². The van der Waals surface area contributed by atoms with E-state index in [4.69, 9.17) is 5.11 Å². The Morgan fingerprint density at radius 3 is 3.17 bits per heavy atom. The molecule has 0 spiro atoms. The highest BCUT2D eigenvalue weighted by molar-refractivity contribution is 7.10. The number of rotatable bonds is 3. The van der Waals surface area contributed by atoms with Gasteiger partial charge in [-0.2, -0.15) is 0 Å². The molecule has 92 valence electrons. The van der Waals surface area contributed by atoms with Crippen molar-refractivity contribution in [2.75, 3.05) is 6.61 Å². The lowest BCUT2D eigenvalue weighted by Crippen LogP contribution is -2.18. The number of thiophene rings is 1. The van der Waals surface area contributed by atoms with Crippen LogP contribution in [0, 0.1) is 11.8 Å². The molecule has 0 amide bonds. The van der Waals surface area contributed by atoms with Crippen molar-refractivity contribution in [3.8, 4) is 11.8 Å². The topological polar surface area (TPSA) is 55.1 Å². The monoisotopic (exact) mass is 260 g/mol. The van der Waals surface area contributed by atoms with Gasteiger partial charge in [0.1, 0.15) is 0 Å². The Hall–Kier alpha value is -1.90. The zero-order chi connectivity index (χ0) is 12.8. The zero-order valence-corrected chi connectivity index (χ0v) is 10.5. The standard InChI is InChI=1S/C13H12N2O2S/c16-6-2-1-3-11-7-12(18-10-11)9-15-5-4-14-8-13(15)17/h4-5,7-8,10,16H,2,6,9H2. The Labute approximate surface area is 109 Å². The maximum absolute atomic E-state index is 11.5. The summed E-state index contributed by atoms with van der Waals surface area (Å²) in [5.41, 5.74) is 0.810. The molecule has 2 heterocycles. The van der Waals surface area contributed by atoms with Gasteiger partial charge < -0.3 is 9.67 Å². The van der Waals surface area contributed by atoms with Gasteiger partial charge in [0.15, 0.2) is 0 Å². The minimum absolute atomic E-state index is 0.0798. The highest BCUT2D eigenvalue weighted by Crippen LogP contribution is 2.14. The summed E-state index contributed by atoms with van der Waals surface area (Å²) in [5.74, 6) is 5.84. The van der Waals surface area contributed by atoms with E-state index in [-0.39, 0.29) is 12.2 Å². The van der Waals surface area contributed by atoms with E-state index in [2.05, 4.69) is 16.8 Å². The third-order valence-corrected chi connectivity index (χ3v) is 3.17. The number of hydrogen-bond donors (Lipinski definition) is 1. The van der Waals surface area contributed by atoms with Crippen molar-refractivity contribution in [1.82, 2.24) is 9.55 Å². The summed E-state index contributed by atoms with van der Waals surface area (Å²) >= 11 is 1.57. The van der Waals surface area contributed by atoms with E-state index in [1.54, 1.807) is 28.3 Å². The smallest absolute Gasteiger partial charge is 0.269 e. The maximum Gasteiger partial charge on any atom is 0.269 e. The minimum Gasteiger partial charge on any atom is -0.395 e. The lowest BCUT2D eigenvalue weighted by molar-refractivity contribution is 0.305. The summed E-state index contributed by atoms with van der Waals surface area (Å²) in [5, 5.41) is 10.6. The number of hydrogen-bond acceptors (Lipinski definition) is 4. The minimum atomic E-state index is -0.112. The molecule has 5 heteroatoms. The van der Waals surface area contributed by atoms with Crippen LogP contribution in [0.2, 0.25) is 0 Å². The van der Waals surface area contributed by atoms with Crippen LogP contribution in [-0.4, -0.2) is 21.3 Å². The van der Waals surface area contributed by atoms with Crippen molar-refractivity contribution >= 4 is 11.3 Å². The van der Waals surface area contributed by atoms with Gasteiger partial charge in [0.05, 0.1) is 19.3 Å². The van der Waals surface area contributed by atoms with Crippen LogP contribution in [0.15, 0.2) is 34.8 Å². The zero-order valence-electron chi connectivity index (χ0n) is 9.67. The molecule has 0 saturated carbocycles. The summed E-state index contributed by atoms with van der Waals surface area (Å²) in [7, 11) is 0. The first-order chi connectivity index (χ1) is 8.79. The Bertz CT molecular complexity index is 634. The van der Waals surface area contributed by atoms with Crippen LogP contribution in [0.1, 0.15) is 16.9 Å². The first kappa shape index (κ1) is 12.6. The lowest BCUT2D eigenvalue weighted by Gasteiger charge is -2.00. The Morgan fingerprint density at radius 2 is 2.39 bits per heavy atom. The predicted octanol–water partition coefficient (Wildman–Crippen LogP) is 1.09. The Balaban J connectivity index is 2.10. The lowest BCUT2D eigenvalue weighted by atomic mass is 10.3. The molecule has 2 aromatic heterocycles. The van der Waals surface area contributed by atoms with Gasteiger partial charge >= 0.3 is 0 Å². The highest BCUT2D eigenvalue weighted by Gasteiger charge is 2.00. The summed E-state index contributed by atoms with van der Waals surface area (Å²) in [6.45, 7) is 0.615. The second-order valence-corrected chi connectivity index (χ2v) is 4.62. The molecule has 2 aromatic rings. The maximum atomic E-state index is 11.5. The van der Waals surface area contributed by atoms with E-state index in [0.29, 0.717) is 13.0 Å². The Morgan fingerprint density at radius 1 is 1.50 bits per heavy atom. The quantitative estimate of drug-likeness (QED) is 0.840. The number of aliphatic hydroxyl groups is 1. The fourth-order valence-electron chi connectivity index (χ4n) is 1.42. The van der Waals surface area contributed by atoms with E-state index >= 15 is 0 Å². The molecule has 0 aliphatic carbocycles. The molecule has 0 radical (unpaired) electrons. The molecule has 0 fully saturated rings. The van der Waals surface area contributed by atoms with Gasteiger partial charge in [-0.25, -0.2) is 0 Å². The molecule has 0 aliphatic rings. The number of aliphatic hydroxyl groups excluding tert-OH is 1. The normalized spacial score (nSPS) is 9.83. The molecule has 0 aliphatic heterocycles. The summed E-state index contributed by atoms with van der Waals surface area (Å²) in [6, 6.07) is 1.96. The predicted molar refractivity (Wildman–Crippen MR) is 70.5 cm³/mol. The third kappa shape index (κ3) is 3.29. The molecule has 18 heavy (non-hydrogen) atoms. The molecule has 0 bridgehead atoms. The van der Waals surface area contributed by atoms with Crippen LogP contribution in [0.4, 0.5) is 0 Å². The van der Waals surface area contributed by atoms with E-state index < -0.39 is 0 Å². The second-order valence-electron chi connectivity index (χ2n) is 3.62. The molecule has 0 aromatic carbocycles. The fourth-order valence-corrected chi connectivity index (χ4v) is 2.24. The first-order valence-corrected chi connectivity index (χ1v) is 6.35. The van der Waals surface area contributed by atoms with Crippen molar-refractivity contribution in [3.63, 3.8) is 0 Å². The van der Waals surface area contributed by atoms with Crippen LogP contribution in [0.5, 0.6) is 0 Å². The van der Waals surface area contributed by atoms with Crippen molar-refractivity contribution in [2.24, 2.45) is 0 Å². The molecule has 0 atom stereocenters. The average molecular weight is 260 g/mol. The fraction of sp³-hybridized carbons (Fsp3) is 0.231. The SMILES string of the molecule is O=c1cnccn1Cc1cc(C#CCCO)cs1. The van der Waals surface area contributed by atoms with Crippen LogP contribution in [0.25, 0.3) is 0 Å². The molecular formula is C13H12N2O2S. The van der Waals surface area contributed by atoms with E-state index in [0.717, 1.165) is 10.4 Å². The number of nitrogens with zero attached hydrogens (tertiary/aromatic N) is 2. The molecule has 0 saturated heterocycles. The van der Waals surface area contributed by atoms with Gasteiger partial charge in [-0.1, -0.05) is 11.8 Å². The van der Waals surface area contributed by atoms with Crippen LogP contribution < -0.4 is 5.56 Å².